The fraction of sp³-hybridized carbons (Fsp3) is 0.424. The van der Waals surface area contributed by atoms with E-state index in [2.05, 4.69) is 4.98 Å². The van der Waals surface area contributed by atoms with Gasteiger partial charge in [0.15, 0.2) is 0 Å². The first kappa shape index (κ1) is 37.6. The van der Waals surface area contributed by atoms with Crippen molar-refractivity contribution < 1.29 is 50.1 Å². The molecule has 266 valence electrons. The van der Waals surface area contributed by atoms with Gasteiger partial charge < -0.3 is 28.9 Å². The van der Waals surface area contributed by atoms with Gasteiger partial charge in [0.05, 0.1) is 35.5 Å². The van der Waals surface area contributed by atoms with Crippen LogP contribution in [0.3, 0.4) is 0 Å². The van der Waals surface area contributed by atoms with E-state index in [1.54, 1.807) is 12.0 Å². The maximum absolute atomic E-state index is 14.4. The number of pyridine rings is 1. The first-order valence-electron chi connectivity index (χ1n) is 15.2. The third kappa shape index (κ3) is 8.68. The lowest BCUT2D eigenvalue weighted by atomic mass is 9.89. The van der Waals surface area contributed by atoms with Gasteiger partial charge in [-0.3, -0.25) is 14.6 Å². The highest BCUT2D eigenvalue weighted by atomic mass is 35.5. The third-order valence-electron chi connectivity index (χ3n) is 8.30. The molecule has 0 spiro atoms. The lowest BCUT2D eigenvalue weighted by Gasteiger charge is -2.45. The van der Waals surface area contributed by atoms with Crippen molar-refractivity contribution in [2.75, 3.05) is 64.5 Å². The molecular formula is C33H35ClF6N4O5. The Labute approximate surface area is 285 Å². The van der Waals surface area contributed by atoms with E-state index in [0.29, 0.717) is 38.1 Å². The Balaban J connectivity index is 0.00000541. The van der Waals surface area contributed by atoms with Crippen LogP contribution in [0.2, 0.25) is 0 Å². The molecule has 2 fully saturated rings. The number of benzene rings is 2. The highest BCUT2D eigenvalue weighted by Crippen LogP contribution is 2.37. The third-order valence-corrected chi connectivity index (χ3v) is 8.30. The van der Waals surface area contributed by atoms with Gasteiger partial charge in [0.2, 0.25) is 5.60 Å². The van der Waals surface area contributed by atoms with E-state index in [4.69, 9.17) is 14.2 Å². The zero-order chi connectivity index (χ0) is 34.5. The molecule has 0 radical (unpaired) electrons. The molecule has 3 aromatic rings. The van der Waals surface area contributed by atoms with Gasteiger partial charge in [-0.2, -0.15) is 26.3 Å². The molecule has 1 aromatic heterocycles. The number of piperazine rings is 1. The number of piperidine rings is 1. The number of hydrogen-bond acceptors (Lipinski definition) is 7. The predicted octanol–water partition coefficient (Wildman–Crippen LogP) is 5.97. The van der Waals surface area contributed by atoms with E-state index in [1.807, 2.05) is 29.2 Å². The first-order valence-corrected chi connectivity index (χ1v) is 15.2. The van der Waals surface area contributed by atoms with Crippen LogP contribution in [-0.4, -0.2) is 91.8 Å². The van der Waals surface area contributed by atoms with Crippen LogP contribution in [0.15, 0.2) is 67.0 Å². The van der Waals surface area contributed by atoms with E-state index in [0.717, 1.165) is 47.2 Å². The molecule has 2 saturated heterocycles. The van der Waals surface area contributed by atoms with Gasteiger partial charge >= 0.3 is 12.4 Å². The number of halogens is 7. The van der Waals surface area contributed by atoms with Crippen molar-refractivity contribution in [1.82, 2.24) is 14.8 Å². The molecule has 16 heteroatoms. The van der Waals surface area contributed by atoms with Crippen LogP contribution in [-0.2, 0) is 21.9 Å². The molecule has 0 saturated carbocycles. The van der Waals surface area contributed by atoms with E-state index >= 15 is 0 Å². The van der Waals surface area contributed by atoms with Crippen LogP contribution in [0.1, 0.15) is 34.3 Å². The van der Waals surface area contributed by atoms with Gasteiger partial charge in [-0.1, -0.05) is 12.1 Å². The predicted molar refractivity (Wildman–Crippen MR) is 169 cm³/mol. The smallest absolute Gasteiger partial charge is 0.417 e. The molecule has 9 nitrogen and oxygen atoms in total. The summed E-state index contributed by atoms with van der Waals surface area (Å²) in [7, 11) is 1.57. The summed E-state index contributed by atoms with van der Waals surface area (Å²) in [6.45, 7) is 1.62. The summed E-state index contributed by atoms with van der Waals surface area (Å²) in [4.78, 5) is 36.3. The van der Waals surface area contributed by atoms with Crippen molar-refractivity contribution in [2.45, 2.75) is 30.8 Å². The number of carbonyl (C=O) groups excluding carboxylic acids is 2. The van der Waals surface area contributed by atoms with Crippen LogP contribution in [0.5, 0.6) is 11.5 Å². The van der Waals surface area contributed by atoms with Crippen molar-refractivity contribution in [3.8, 4) is 11.5 Å². The lowest BCUT2D eigenvalue weighted by molar-refractivity contribution is -0.153. The van der Waals surface area contributed by atoms with Crippen LogP contribution < -0.4 is 14.4 Å². The van der Waals surface area contributed by atoms with Gasteiger partial charge in [0.25, 0.3) is 11.8 Å². The number of nitrogens with zero attached hydrogens (tertiary/aromatic N) is 4. The molecule has 0 aliphatic carbocycles. The van der Waals surface area contributed by atoms with Crippen molar-refractivity contribution >= 4 is 29.9 Å². The Morgan fingerprint density at radius 3 is 2.20 bits per heavy atom. The zero-order valence-corrected chi connectivity index (χ0v) is 27.2. The molecule has 3 heterocycles. The summed E-state index contributed by atoms with van der Waals surface area (Å²) < 4.78 is 98.2. The average Bonchev–Trinajstić information content (AvgIpc) is 3.07. The SMILES string of the molecule is COCCOc1ccccc1N1CCN(C(=O)C2(Oc3ccc(C(F)(F)F)cc3)CCCN(C(=O)c3cnccc3C(F)(F)F)C2)CC1.Cl. The molecule has 0 bridgehead atoms. The minimum absolute atomic E-state index is 0. The largest absolute Gasteiger partial charge is 0.489 e. The molecule has 2 aromatic carbocycles. The number of alkyl halides is 6. The minimum Gasteiger partial charge on any atom is -0.489 e. The van der Waals surface area contributed by atoms with Crippen LogP contribution >= 0.6 is 12.4 Å². The number of para-hydroxylation sites is 2. The number of anilines is 1. The number of methoxy groups -OCH3 is 1. The van der Waals surface area contributed by atoms with Crippen LogP contribution in [0.25, 0.3) is 0 Å². The van der Waals surface area contributed by atoms with Gasteiger partial charge in [0, 0.05) is 52.2 Å². The standard InChI is InChI=1S/C33H34F6N4O5.ClH/c1-46-19-20-47-28-6-3-2-5-27(28)41-15-17-42(18-16-41)30(45)31(48-24-9-7-23(8-10-24)32(34,35)36)12-4-14-43(22-31)29(44)25-21-40-13-11-26(25)33(37,38)39;/h2-3,5-11,13,21H,4,12,14-20,22H2,1H3;1H. The highest BCUT2D eigenvalue weighted by Gasteiger charge is 2.49. The van der Waals surface area contributed by atoms with E-state index < -0.39 is 53.0 Å². The normalized spacial score (nSPS) is 18.5. The number of carbonyl (C=O) groups is 2. The van der Waals surface area contributed by atoms with Gasteiger partial charge in [-0.25, -0.2) is 0 Å². The Hall–Kier alpha value is -4.24. The van der Waals surface area contributed by atoms with Crippen molar-refractivity contribution in [3.63, 3.8) is 0 Å². The summed E-state index contributed by atoms with van der Waals surface area (Å²) >= 11 is 0. The Bertz CT molecular complexity index is 1580. The first-order chi connectivity index (χ1) is 22.8. The van der Waals surface area contributed by atoms with E-state index in [1.165, 1.54) is 0 Å². The highest BCUT2D eigenvalue weighted by molar-refractivity contribution is 5.96. The second-order valence-corrected chi connectivity index (χ2v) is 11.5. The summed E-state index contributed by atoms with van der Waals surface area (Å²) in [5.74, 6) is -0.917. The number of rotatable bonds is 9. The number of amides is 2. The summed E-state index contributed by atoms with van der Waals surface area (Å²) in [5, 5.41) is 0. The van der Waals surface area contributed by atoms with Crippen LogP contribution in [0, 0.1) is 0 Å². The molecular weight excluding hydrogens is 682 g/mol. The van der Waals surface area contributed by atoms with Crippen LogP contribution in [0.4, 0.5) is 32.0 Å². The molecule has 1 unspecified atom stereocenters. The fourth-order valence-corrected chi connectivity index (χ4v) is 5.93. The maximum Gasteiger partial charge on any atom is 0.417 e. The zero-order valence-electron chi connectivity index (χ0n) is 26.4. The maximum atomic E-state index is 14.4. The number of ether oxygens (including phenoxy) is 3. The monoisotopic (exact) mass is 716 g/mol. The van der Waals surface area contributed by atoms with Gasteiger partial charge in [-0.05, 0) is 55.3 Å². The Morgan fingerprint density at radius 2 is 1.55 bits per heavy atom. The lowest BCUT2D eigenvalue weighted by Crippen LogP contribution is -2.64. The second-order valence-electron chi connectivity index (χ2n) is 11.5. The minimum atomic E-state index is -4.83. The molecule has 0 N–H and O–H groups in total. The molecule has 2 amide bonds. The van der Waals surface area contributed by atoms with E-state index in [-0.39, 0.29) is 50.6 Å². The van der Waals surface area contributed by atoms with Crippen molar-refractivity contribution in [3.05, 3.63) is 83.7 Å². The van der Waals surface area contributed by atoms with Crippen molar-refractivity contribution in [1.29, 1.82) is 0 Å². The summed E-state index contributed by atoms with van der Waals surface area (Å²) in [6, 6.07) is 11.9. The summed E-state index contributed by atoms with van der Waals surface area (Å²) in [6.07, 6.45) is -7.41. The quantitative estimate of drug-likeness (QED) is 0.200. The molecule has 1 atom stereocenters. The number of aromatic nitrogens is 1. The number of likely N-dealkylation sites (tertiary alicyclic amines) is 1. The number of hydrogen-bond donors (Lipinski definition) is 0. The topological polar surface area (TPSA) is 84.4 Å². The second kappa shape index (κ2) is 15.5. The Morgan fingerprint density at radius 1 is 0.857 bits per heavy atom. The van der Waals surface area contributed by atoms with Crippen molar-refractivity contribution in [2.24, 2.45) is 0 Å². The van der Waals surface area contributed by atoms with Gasteiger partial charge in [-0.15, -0.1) is 12.4 Å². The molecule has 5 rings (SSSR count). The molecule has 2 aliphatic rings. The average molecular weight is 717 g/mol. The molecule has 49 heavy (non-hydrogen) atoms. The molecule has 2 aliphatic heterocycles. The summed E-state index contributed by atoms with van der Waals surface area (Å²) in [5.41, 5.74) is -3.73. The Kier molecular flexibility index (Phi) is 11.9. The fourth-order valence-electron chi connectivity index (χ4n) is 5.93. The van der Waals surface area contributed by atoms with Gasteiger partial charge in [0.1, 0.15) is 18.1 Å². The van der Waals surface area contributed by atoms with E-state index in [9.17, 15) is 35.9 Å².